The lowest BCUT2D eigenvalue weighted by molar-refractivity contribution is 0.0734. The lowest BCUT2D eigenvalue weighted by atomic mass is 10.1. The van der Waals surface area contributed by atoms with Crippen LogP contribution in [0.4, 0.5) is 0 Å². The van der Waals surface area contributed by atoms with Crippen molar-refractivity contribution in [2.24, 2.45) is 0 Å². The Bertz CT molecular complexity index is 1500. The van der Waals surface area contributed by atoms with E-state index in [2.05, 4.69) is 20.9 Å². The first kappa shape index (κ1) is 19.7. The minimum Gasteiger partial charge on any atom is -0.460 e. The van der Waals surface area contributed by atoms with Crippen LogP contribution in [-0.4, -0.2) is 11.0 Å². The Kier molecular flexibility index (Phi) is 4.92. The number of carbonyl (C=O) groups excluding carboxylic acids is 1. The standard InChI is InChI=1S/C24H14BrNO4S/c1-13-21(23-26-18-8-4-5-9-20(18)31-23)22(27)16-11-10-14(12-19(16)29-13)30-24(28)15-6-2-3-7-17(15)25/h2-12H,1H3. The predicted molar refractivity (Wildman–Crippen MR) is 125 cm³/mol. The second-order valence-corrected chi connectivity index (χ2v) is 8.76. The number of benzene rings is 3. The molecule has 0 aliphatic carbocycles. The van der Waals surface area contributed by atoms with Crippen molar-refractivity contribution in [2.75, 3.05) is 0 Å². The Labute approximate surface area is 189 Å². The van der Waals surface area contributed by atoms with Crippen LogP contribution in [0.1, 0.15) is 16.1 Å². The van der Waals surface area contributed by atoms with Gasteiger partial charge in [-0.2, -0.15) is 0 Å². The van der Waals surface area contributed by atoms with Crippen molar-refractivity contribution in [3.05, 3.63) is 92.7 Å². The van der Waals surface area contributed by atoms with E-state index in [1.807, 2.05) is 30.3 Å². The molecular formula is C24H14BrNO4S. The molecule has 0 N–H and O–H groups in total. The van der Waals surface area contributed by atoms with Gasteiger partial charge in [-0.05, 0) is 59.3 Å². The first-order chi connectivity index (χ1) is 15.0. The Balaban J connectivity index is 1.55. The molecule has 5 rings (SSSR count). The molecule has 0 fully saturated rings. The molecule has 0 radical (unpaired) electrons. The van der Waals surface area contributed by atoms with Crippen molar-refractivity contribution >= 4 is 54.4 Å². The summed E-state index contributed by atoms with van der Waals surface area (Å²) in [7, 11) is 0. The van der Waals surface area contributed by atoms with Crippen LogP contribution in [0.5, 0.6) is 5.75 Å². The molecule has 0 bridgehead atoms. The summed E-state index contributed by atoms with van der Waals surface area (Å²) in [6.45, 7) is 1.74. The van der Waals surface area contributed by atoms with Crippen LogP contribution < -0.4 is 10.2 Å². The van der Waals surface area contributed by atoms with Gasteiger partial charge >= 0.3 is 5.97 Å². The summed E-state index contributed by atoms with van der Waals surface area (Å²) in [4.78, 5) is 30.3. The number of aromatic nitrogens is 1. The summed E-state index contributed by atoms with van der Waals surface area (Å²) in [5.41, 5.74) is 1.89. The summed E-state index contributed by atoms with van der Waals surface area (Å²) in [5.74, 6) is 0.256. The first-order valence-corrected chi connectivity index (χ1v) is 11.0. The number of aryl methyl sites for hydroxylation is 1. The van der Waals surface area contributed by atoms with Crippen LogP contribution in [0.3, 0.4) is 0 Å². The highest BCUT2D eigenvalue weighted by Crippen LogP contribution is 2.32. The fourth-order valence-corrected chi connectivity index (χ4v) is 4.87. The molecule has 0 unspecified atom stereocenters. The number of thiazole rings is 1. The van der Waals surface area contributed by atoms with E-state index < -0.39 is 5.97 Å². The third kappa shape index (κ3) is 3.56. The van der Waals surface area contributed by atoms with Crippen molar-refractivity contribution < 1.29 is 13.9 Å². The molecule has 0 atom stereocenters. The Morgan fingerprint density at radius 3 is 2.65 bits per heavy atom. The summed E-state index contributed by atoms with van der Waals surface area (Å²) in [6, 6.07) is 19.5. The largest absolute Gasteiger partial charge is 0.460 e. The topological polar surface area (TPSA) is 69.4 Å². The first-order valence-electron chi connectivity index (χ1n) is 9.41. The SMILES string of the molecule is Cc1oc2cc(OC(=O)c3ccccc3Br)ccc2c(=O)c1-c1nc2ccccc2s1. The van der Waals surface area contributed by atoms with Gasteiger partial charge in [0.2, 0.25) is 5.43 Å². The molecule has 0 aliphatic heterocycles. The van der Waals surface area contributed by atoms with E-state index >= 15 is 0 Å². The minimum atomic E-state index is -0.503. The van der Waals surface area contributed by atoms with Crippen LogP contribution in [0, 0.1) is 6.92 Å². The van der Waals surface area contributed by atoms with Crippen molar-refractivity contribution in [2.45, 2.75) is 6.92 Å². The van der Waals surface area contributed by atoms with Gasteiger partial charge in [-0.15, -0.1) is 11.3 Å². The maximum absolute atomic E-state index is 13.2. The summed E-state index contributed by atoms with van der Waals surface area (Å²) in [6.07, 6.45) is 0. The Morgan fingerprint density at radius 1 is 1.06 bits per heavy atom. The van der Waals surface area contributed by atoms with Gasteiger partial charge in [-0.1, -0.05) is 24.3 Å². The molecule has 31 heavy (non-hydrogen) atoms. The quantitative estimate of drug-likeness (QED) is 0.217. The minimum absolute atomic E-state index is 0.165. The second-order valence-electron chi connectivity index (χ2n) is 6.88. The number of esters is 1. The van der Waals surface area contributed by atoms with Gasteiger partial charge in [0.1, 0.15) is 22.1 Å². The van der Waals surface area contributed by atoms with Gasteiger partial charge in [0.15, 0.2) is 0 Å². The monoisotopic (exact) mass is 491 g/mol. The third-order valence-electron chi connectivity index (χ3n) is 4.85. The summed E-state index contributed by atoms with van der Waals surface area (Å²) >= 11 is 4.80. The van der Waals surface area contributed by atoms with Crippen LogP contribution in [0.25, 0.3) is 31.8 Å². The molecule has 5 aromatic rings. The number of hydrogen-bond donors (Lipinski definition) is 0. The molecule has 2 heterocycles. The van der Waals surface area contributed by atoms with E-state index in [9.17, 15) is 9.59 Å². The lowest BCUT2D eigenvalue weighted by Gasteiger charge is -2.08. The molecule has 0 amide bonds. The number of carbonyl (C=O) groups is 1. The second kappa shape index (κ2) is 7.76. The number of hydrogen-bond acceptors (Lipinski definition) is 6. The number of ether oxygens (including phenoxy) is 1. The number of nitrogens with zero attached hydrogens (tertiary/aromatic N) is 1. The van der Waals surface area contributed by atoms with Crippen molar-refractivity contribution in [1.29, 1.82) is 0 Å². The van der Waals surface area contributed by atoms with E-state index in [4.69, 9.17) is 9.15 Å². The third-order valence-corrected chi connectivity index (χ3v) is 6.60. The van der Waals surface area contributed by atoms with E-state index in [0.717, 1.165) is 10.2 Å². The fourth-order valence-electron chi connectivity index (χ4n) is 3.36. The Hall–Kier alpha value is -3.29. The Morgan fingerprint density at radius 2 is 1.84 bits per heavy atom. The normalized spacial score (nSPS) is 11.2. The van der Waals surface area contributed by atoms with Gasteiger partial charge in [-0.25, -0.2) is 9.78 Å². The molecule has 2 aromatic heterocycles. The van der Waals surface area contributed by atoms with Gasteiger partial charge in [0, 0.05) is 10.5 Å². The van der Waals surface area contributed by atoms with Crippen molar-refractivity contribution in [1.82, 2.24) is 4.98 Å². The van der Waals surface area contributed by atoms with Crippen LogP contribution in [0.2, 0.25) is 0 Å². The number of para-hydroxylation sites is 1. The summed E-state index contributed by atoms with van der Waals surface area (Å²) in [5, 5.41) is 1.03. The van der Waals surface area contributed by atoms with Crippen LogP contribution in [-0.2, 0) is 0 Å². The molecule has 152 valence electrons. The zero-order valence-electron chi connectivity index (χ0n) is 16.2. The molecular weight excluding hydrogens is 478 g/mol. The van der Waals surface area contributed by atoms with E-state index in [0.29, 0.717) is 43.1 Å². The van der Waals surface area contributed by atoms with Gasteiger partial charge < -0.3 is 9.15 Å². The van der Waals surface area contributed by atoms with E-state index in [1.54, 1.807) is 43.3 Å². The molecule has 0 saturated carbocycles. The highest BCUT2D eigenvalue weighted by Gasteiger charge is 2.18. The molecule has 0 saturated heterocycles. The number of halogens is 1. The van der Waals surface area contributed by atoms with E-state index in [1.165, 1.54) is 11.3 Å². The number of rotatable bonds is 3. The fraction of sp³-hybridized carbons (Fsp3) is 0.0417. The number of fused-ring (bicyclic) bond motifs is 2. The molecule has 0 aliphatic rings. The molecule has 3 aromatic carbocycles. The van der Waals surface area contributed by atoms with Crippen molar-refractivity contribution in [3.63, 3.8) is 0 Å². The van der Waals surface area contributed by atoms with Crippen LogP contribution in [0.15, 0.2) is 80.4 Å². The maximum Gasteiger partial charge on any atom is 0.344 e. The molecule has 0 spiro atoms. The van der Waals surface area contributed by atoms with Crippen LogP contribution >= 0.6 is 27.3 Å². The summed E-state index contributed by atoms with van der Waals surface area (Å²) < 4.78 is 13.1. The molecule has 5 nitrogen and oxygen atoms in total. The van der Waals surface area contributed by atoms with E-state index in [-0.39, 0.29) is 5.43 Å². The zero-order chi connectivity index (χ0) is 21.5. The average molecular weight is 492 g/mol. The van der Waals surface area contributed by atoms with Gasteiger partial charge in [0.05, 0.1) is 26.7 Å². The zero-order valence-corrected chi connectivity index (χ0v) is 18.6. The highest BCUT2D eigenvalue weighted by atomic mass is 79.9. The van der Waals surface area contributed by atoms with Gasteiger partial charge in [-0.3, -0.25) is 4.79 Å². The predicted octanol–water partition coefficient (Wildman–Crippen LogP) is 6.36. The lowest BCUT2D eigenvalue weighted by Crippen LogP contribution is -2.10. The van der Waals surface area contributed by atoms with Gasteiger partial charge in [0.25, 0.3) is 0 Å². The smallest absolute Gasteiger partial charge is 0.344 e. The highest BCUT2D eigenvalue weighted by molar-refractivity contribution is 9.10. The molecule has 7 heteroatoms. The maximum atomic E-state index is 13.2. The van der Waals surface area contributed by atoms with Crippen molar-refractivity contribution in [3.8, 4) is 16.3 Å². The average Bonchev–Trinajstić information content (AvgIpc) is 3.17.